The SMILES string of the molecule is CCS(=O)(=O)N(CC(=O)N(Cc1cccc(Cl)c1)C(C)C(=O)NC)c1ccc2c(c1)OCO2. The smallest absolute Gasteiger partial charge is 0.244 e. The lowest BCUT2D eigenvalue weighted by Crippen LogP contribution is -2.50. The van der Waals surface area contributed by atoms with Gasteiger partial charge in [0.2, 0.25) is 28.6 Å². The highest BCUT2D eigenvalue weighted by atomic mass is 35.5. The predicted molar refractivity (Wildman–Crippen MR) is 125 cm³/mol. The van der Waals surface area contributed by atoms with Crippen LogP contribution in [0.5, 0.6) is 11.5 Å². The average molecular weight is 496 g/mol. The van der Waals surface area contributed by atoms with Gasteiger partial charge in [0.1, 0.15) is 12.6 Å². The first kappa shape index (κ1) is 24.7. The summed E-state index contributed by atoms with van der Waals surface area (Å²) >= 11 is 6.07. The van der Waals surface area contributed by atoms with Crippen LogP contribution in [0.3, 0.4) is 0 Å². The molecule has 1 aliphatic heterocycles. The number of hydrogen-bond donors (Lipinski definition) is 1. The molecule has 178 valence electrons. The zero-order valence-corrected chi connectivity index (χ0v) is 20.1. The summed E-state index contributed by atoms with van der Waals surface area (Å²) in [5.41, 5.74) is 0.976. The van der Waals surface area contributed by atoms with Crippen LogP contribution >= 0.6 is 11.6 Å². The molecule has 0 aliphatic carbocycles. The normalized spacial score (nSPS) is 13.3. The fourth-order valence-corrected chi connectivity index (χ4v) is 4.65. The van der Waals surface area contributed by atoms with Crippen molar-refractivity contribution in [2.24, 2.45) is 0 Å². The van der Waals surface area contributed by atoms with Gasteiger partial charge in [-0.1, -0.05) is 23.7 Å². The molecule has 2 aromatic rings. The van der Waals surface area contributed by atoms with E-state index in [1.807, 2.05) is 0 Å². The van der Waals surface area contributed by atoms with Crippen LogP contribution < -0.4 is 19.1 Å². The van der Waals surface area contributed by atoms with Crippen molar-refractivity contribution in [1.29, 1.82) is 0 Å². The van der Waals surface area contributed by atoms with Crippen LogP contribution in [0.25, 0.3) is 0 Å². The summed E-state index contributed by atoms with van der Waals surface area (Å²) in [6.07, 6.45) is 0. The molecule has 1 unspecified atom stereocenters. The third-order valence-electron chi connectivity index (χ3n) is 5.28. The van der Waals surface area contributed by atoms with Crippen molar-refractivity contribution in [1.82, 2.24) is 10.2 Å². The second-order valence-electron chi connectivity index (χ2n) is 7.39. The van der Waals surface area contributed by atoms with E-state index in [1.54, 1.807) is 43.3 Å². The van der Waals surface area contributed by atoms with Crippen molar-refractivity contribution in [2.75, 3.05) is 30.4 Å². The number of halogens is 1. The number of fused-ring (bicyclic) bond motifs is 1. The minimum absolute atomic E-state index is 0.0370. The van der Waals surface area contributed by atoms with Gasteiger partial charge in [-0.25, -0.2) is 8.42 Å². The topological polar surface area (TPSA) is 105 Å². The van der Waals surface area contributed by atoms with Gasteiger partial charge in [0.15, 0.2) is 11.5 Å². The fourth-order valence-electron chi connectivity index (χ4n) is 3.38. The lowest BCUT2D eigenvalue weighted by molar-refractivity contribution is -0.139. The zero-order chi connectivity index (χ0) is 24.2. The van der Waals surface area contributed by atoms with E-state index in [0.29, 0.717) is 22.1 Å². The molecule has 11 heteroatoms. The van der Waals surface area contributed by atoms with E-state index in [9.17, 15) is 18.0 Å². The fraction of sp³-hybridized carbons (Fsp3) is 0.364. The molecule has 33 heavy (non-hydrogen) atoms. The Morgan fingerprint density at radius 2 is 1.88 bits per heavy atom. The molecule has 0 saturated carbocycles. The maximum absolute atomic E-state index is 13.4. The number of amides is 2. The number of carbonyl (C=O) groups excluding carboxylic acids is 2. The first-order chi connectivity index (χ1) is 15.7. The maximum Gasteiger partial charge on any atom is 0.244 e. The Bertz CT molecular complexity index is 1140. The van der Waals surface area contributed by atoms with Crippen LogP contribution in [0.1, 0.15) is 19.4 Å². The first-order valence-electron chi connectivity index (χ1n) is 10.3. The van der Waals surface area contributed by atoms with Gasteiger partial charge in [-0.05, 0) is 43.7 Å². The van der Waals surface area contributed by atoms with Gasteiger partial charge in [0.25, 0.3) is 0 Å². The van der Waals surface area contributed by atoms with Crippen molar-refractivity contribution >= 4 is 39.1 Å². The van der Waals surface area contributed by atoms with Crippen LogP contribution in [0.4, 0.5) is 5.69 Å². The van der Waals surface area contributed by atoms with Gasteiger partial charge in [0.05, 0.1) is 11.4 Å². The van der Waals surface area contributed by atoms with Gasteiger partial charge < -0.3 is 19.7 Å². The van der Waals surface area contributed by atoms with Crippen molar-refractivity contribution in [3.63, 3.8) is 0 Å². The van der Waals surface area contributed by atoms with Crippen LogP contribution in [-0.2, 0) is 26.2 Å². The van der Waals surface area contributed by atoms with Crippen LogP contribution in [0, 0.1) is 0 Å². The lowest BCUT2D eigenvalue weighted by Gasteiger charge is -2.31. The number of carbonyl (C=O) groups is 2. The summed E-state index contributed by atoms with van der Waals surface area (Å²) in [4.78, 5) is 27.1. The molecule has 0 aromatic heterocycles. The third-order valence-corrected chi connectivity index (χ3v) is 7.26. The molecule has 1 N–H and O–H groups in total. The number of likely N-dealkylation sites (N-methyl/N-ethyl adjacent to an activating group) is 1. The minimum atomic E-state index is -3.82. The molecule has 0 bridgehead atoms. The molecule has 1 aliphatic rings. The standard InChI is InChI=1S/C22H26ClN3O6S/c1-4-33(29,30)26(18-8-9-19-20(11-18)32-14-31-19)13-21(27)25(15(2)22(28)24-3)12-16-6-5-7-17(23)10-16/h5-11,15H,4,12-14H2,1-3H3,(H,24,28). The van der Waals surface area contributed by atoms with Gasteiger partial charge >= 0.3 is 0 Å². The number of nitrogens with one attached hydrogen (secondary N) is 1. The van der Waals surface area contributed by atoms with Gasteiger partial charge in [-0.3, -0.25) is 13.9 Å². The lowest BCUT2D eigenvalue weighted by atomic mass is 10.1. The van der Waals surface area contributed by atoms with Crippen LogP contribution in [0.15, 0.2) is 42.5 Å². The van der Waals surface area contributed by atoms with E-state index >= 15 is 0 Å². The Morgan fingerprint density at radius 3 is 2.55 bits per heavy atom. The summed E-state index contributed by atoms with van der Waals surface area (Å²) < 4.78 is 37.5. The summed E-state index contributed by atoms with van der Waals surface area (Å²) in [6.45, 7) is 2.71. The molecule has 1 heterocycles. The summed E-state index contributed by atoms with van der Waals surface area (Å²) in [6, 6.07) is 10.7. The number of anilines is 1. The molecular formula is C22H26ClN3O6S. The average Bonchev–Trinajstić information content (AvgIpc) is 3.27. The molecule has 0 saturated heterocycles. The van der Waals surface area contributed by atoms with Crippen LogP contribution in [0.2, 0.25) is 5.02 Å². The van der Waals surface area contributed by atoms with Gasteiger partial charge in [0, 0.05) is 24.7 Å². The molecule has 0 spiro atoms. The van der Waals surface area contributed by atoms with Crippen molar-refractivity contribution in [3.05, 3.63) is 53.1 Å². The molecular weight excluding hydrogens is 470 g/mol. The Hall–Kier alpha value is -2.98. The van der Waals surface area contributed by atoms with E-state index in [-0.39, 0.29) is 30.7 Å². The number of sulfonamides is 1. The number of rotatable bonds is 9. The number of ether oxygens (including phenoxy) is 2. The highest BCUT2D eigenvalue weighted by Crippen LogP contribution is 2.36. The minimum Gasteiger partial charge on any atom is -0.454 e. The molecule has 2 aromatic carbocycles. The van der Waals surface area contributed by atoms with Crippen molar-refractivity contribution in [2.45, 2.75) is 26.4 Å². The van der Waals surface area contributed by atoms with E-state index in [4.69, 9.17) is 21.1 Å². The molecule has 0 radical (unpaired) electrons. The zero-order valence-electron chi connectivity index (χ0n) is 18.6. The number of hydrogen-bond acceptors (Lipinski definition) is 6. The number of nitrogens with zero attached hydrogens (tertiary/aromatic N) is 2. The van der Waals surface area contributed by atoms with Crippen molar-refractivity contribution in [3.8, 4) is 11.5 Å². The molecule has 9 nitrogen and oxygen atoms in total. The van der Waals surface area contributed by atoms with Crippen LogP contribution in [-0.4, -0.2) is 57.3 Å². The van der Waals surface area contributed by atoms with E-state index in [2.05, 4.69) is 5.32 Å². The highest BCUT2D eigenvalue weighted by Gasteiger charge is 2.31. The Labute approximate surface area is 198 Å². The Balaban J connectivity index is 1.94. The second kappa shape index (κ2) is 10.3. The highest BCUT2D eigenvalue weighted by molar-refractivity contribution is 7.92. The molecule has 3 rings (SSSR count). The largest absolute Gasteiger partial charge is 0.454 e. The summed E-state index contributed by atoms with van der Waals surface area (Å²) in [5.74, 6) is -0.242. The van der Waals surface area contributed by atoms with Gasteiger partial charge in [-0.15, -0.1) is 0 Å². The van der Waals surface area contributed by atoms with E-state index < -0.39 is 28.5 Å². The quantitative estimate of drug-likeness (QED) is 0.572. The first-order valence-corrected chi connectivity index (χ1v) is 12.3. The van der Waals surface area contributed by atoms with Gasteiger partial charge in [-0.2, -0.15) is 0 Å². The number of benzene rings is 2. The summed E-state index contributed by atoms with van der Waals surface area (Å²) in [7, 11) is -2.35. The van der Waals surface area contributed by atoms with E-state index in [1.165, 1.54) is 24.9 Å². The summed E-state index contributed by atoms with van der Waals surface area (Å²) in [5, 5.41) is 3.02. The predicted octanol–water partition coefficient (Wildman–Crippen LogP) is 2.39. The maximum atomic E-state index is 13.4. The molecule has 0 fully saturated rings. The Morgan fingerprint density at radius 1 is 1.15 bits per heavy atom. The van der Waals surface area contributed by atoms with Crippen molar-refractivity contribution < 1.29 is 27.5 Å². The molecule has 1 atom stereocenters. The Kier molecular flexibility index (Phi) is 7.70. The second-order valence-corrected chi connectivity index (χ2v) is 10.0. The monoisotopic (exact) mass is 495 g/mol. The third kappa shape index (κ3) is 5.69. The van der Waals surface area contributed by atoms with E-state index in [0.717, 1.165) is 4.31 Å². The molecule has 2 amide bonds.